The molecule has 1 aliphatic heterocycles. The number of aryl methyl sites for hydroxylation is 1. The van der Waals surface area contributed by atoms with Gasteiger partial charge in [-0.05, 0) is 131 Å². The summed E-state index contributed by atoms with van der Waals surface area (Å²) in [6.07, 6.45) is 1.86. The molecule has 7 aromatic carbocycles. The zero-order valence-electron chi connectivity index (χ0n) is 57.3. The van der Waals surface area contributed by atoms with Gasteiger partial charge in [0.25, 0.3) is 5.69 Å². The fraction of sp³-hybridized carbons (Fsp3) is 0.388. The third-order valence-electron chi connectivity index (χ3n) is 14.5. The monoisotopic (exact) mass is 1220 g/mol. The molecular weight excluding hydrogens is 1120 g/mol. The zero-order chi connectivity index (χ0) is 65.9. The number of aromatic nitrogens is 1. The van der Waals surface area contributed by atoms with Crippen LogP contribution in [0.1, 0.15) is 189 Å². The molecule has 0 saturated carbocycles. The Morgan fingerprint density at radius 1 is 0.432 bits per heavy atom. The number of hydrogen-bond acceptors (Lipinski definition) is 6. The Morgan fingerprint density at radius 2 is 0.864 bits per heavy atom. The molecule has 0 fully saturated rings. The van der Waals surface area contributed by atoms with Crippen molar-refractivity contribution in [2.45, 2.75) is 190 Å². The predicted molar refractivity (Wildman–Crippen MR) is 382 cm³/mol. The highest BCUT2D eigenvalue weighted by atomic mass is 35.5. The zero-order valence-corrected chi connectivity index (χ0v) is 58.9. The van der Waals surface area contributed by atoms with E-state index in [4.69, 9.17) is 21.1 Å². The van der Waals surface area contributed by atoms with Crippen LogP contribution < -0.4 is 9.47 Å². The van der Waals surface area contributed by atoms with Gasteiger partial charge in [-0.15, -0.1) is 11.3 Å². The molecule has 9 aromatic rings. The number of thiophene rings is 1. The summed E-state index contributed by atoms with van der Waals surface area (Å²) in [4.78, 5) is 15.9. The maximum absolute atomic E-state index is 10.4. The van der Waals surface area contributed by atoms with Crippen LogP contribution in [0.4, 0.5) is 5.69 Å². The Balaban J connectivity index is 0.000000222. The van der Waals surface area contributed by atoms with Gasteiger partial charge in [0.05, 0.1) is 10.4 Å². The molecular formula is C80H103ClN2O4S. The first-order valence-electron chi connectivity index (χ1n) is 30.8. The number of ether oxygens (including phenoxy) is 2. The summed E-state index contributed by atoms with van der Waals surface area (Å²) in [7, 11) is 0. The third-order valence-corrected chi connectivity index (χ3v) is 16.1. The van der Waals surface area contributed by atoms with Gasteiger partial charge in [-0.2, -0.15) is 0 Å². The summed E-state index contributed by atoms with van der Waals surface area (Å²) in [5.74, 6) is 1.74. The number of rotatable bonds is 2. The molecule has 3 heterocycles. The van der Waals surface area contributed by atoms with E-state index in [2.05, 4.69) is 302 Å². The Hall–Kier alpha value is -7.06. The Kier molecular flexibility index (Phi) is 26.6. The van der Waals surface area contributed by atoms with E-state index in [-0.39, 0.29) is 37.7 Å². The summed E-state index contributed by atoms with van der Waals surface area (Å²) in [5.41, 5.74) is 14.4. The van der Waals surface area contributed by atoms with Crippen molar-refractivity contribution in [3.8, 4) is 22.6 Å². The smallest absolute Gasteiger partial charge is 0.269 e. The Bertz CT molecular complexity index is 3480. The maximum atomic E-state index is 10.4. The molecule has 0 aliphatic carbocycles. The molecule has 0 amide bonds. The van der Waals surface area contributed by atoms with Crippen molar-refractivity contribution < 1.29 is 14.4 Å². The molecule has 6 nitrogen and oxygen atoms in total. The van der Waals surface area contributed by atoms with E-state index in [1.54, 1.807) is 24.3 Å². The molecule has 0 spiro atoms. The molecule has 2 aromatic heterocycles. The average molecular weight is 1220 g/mol. The van der Waals surface area contributed by atoms with E-state index in [0.717, 1.165) is 27.6 Å². The highest BCUT2D eigenvalue weighted by Gasteiger charge is 2.21. The van der Waals surface area contributed by atoms with Crippen molar-refractivity contribution in [1.82, 2.24) is 4.98 Å². The summed E-state index contributed by atoms with van der Waals surface area (Å²) in [5, 5.41) is 14.5. The summed E-state index contributed by atoms with van der Waals surface area (Å²) in [6.45, 7) is 49.7. The summed E-state index contributed by atoms with van der Waals surface area (Å²) < 4.78 is 11.0. The number of pyridine rings is 1. The Labute approximate surface area is 540 Å². The van der Waals surface area contributed by atoms with Gasteiger partial charge in [-0.1, -0.05) is 302 Å². The fourth-order valence-corrected chi connectivity index (χ4v) is 9.74. The third kappa shape index (κ3) is 24.8. The van der Waals surface area contributed by atoms with Gasteiger partial charge in [0, 0.05) is 33.6 Å². The molecule has 1 aliphatic rings. The van der Waals surface area contributed by atoms with Gasteiger partial charge in [-0.25, -0.2) is 0 Å². The van der Waals surface area contributed by atoms with Crippen LogP contribution in [0.25, 0.3) is 22.0 Å². The quantitative estimate of drug-likeness (QED) is 0.127. The van der Waals surface area contributed by atoms with E-state index in [0.29, 0.717) is 24.0 Å². The van der Waals surface area contributed by atoms with E-state index >= 15 is 0 Å². The van der Waals surface area contributed by atoms with Crippen LogP contribution >= 0.6 is 22.9 Å². The van der Waals surface area contributed by atoms with Gasteiger partial charge in [0.2, 0.25) is 0 Å². The number of para-hydroxylation sites is 1. The first-order chi connectivity index (χ1) is 40.7. The second-order valence-corrected chi connectivity index (χ2v) is 31.0. The molecule has 0 N–H and O–H groups in total. The lowest BCUT2D eigenvalue weighted by atomic mass is 9.85. The summed E-state index contributed by atoms with van der Waals surface area (Å²) >= 11 is 7.71. The molecule has 0 saturated heterocycles. The van der Waals surface area contributed by atoms with E-state index in [1.807, 2.05) is 41.8 Å². The van der Waals surface area contributed by atoms with E-state index in [1.165, 1.54) is 54.8 Å². The van der Waals surface area contributed by atoms with Gasteiger partial charge in [0.15, 0.2) is 11.5 Å². The molecule has 8 heteroatoms. The number of non-ortho nitro benzene ring substituents is 1. The summed E-state index contributed by atoms with van der Waals surface area (Å²) in [6, 6.07) is 63.6. The van der Waals surface area contributed by atoms with Crippen LogP contribution in [-0.2, 0) is 37.9 Å². The van der Waals surface area contributed by atoms with Crippen molar-refractivity contribution in [2.24, 2.45) is 0 Å². The minimum absolute atomic E-state index is 0.0507. The minimum atomic E-state index is -0.383. The Morgan fingerprint density at radius 3 is 1.28 bits per heavy atom. The van der Waals surface area contributed by atoms with Gasteiger partial charge in [0.1, 0.15) is 13.2 Å². The number of nitro benzene ring substituents is 1. The highest BCUT2D eigenvalue weighted by molar-refractivity contribution is 7.10. The van der Waals surface area contributed by atoms with Crippen LogP contribution in [0.3, 0.4) is 0 Å². The second kappa shape index (κ2) is 31.9. The first kappa shape index (κ1) is 73.4. The lowest BCUT2D eigenvalue weighted by Crippen LogP contribution is -2.17. The lowest BCUT2D eigenvalue weighted by molar-refractivity contribution is -0.384. The largest absolute Gasteiger partial charge is 0.486 e. The van der Waals surface area contributed by atoms with Crippen LogP contribution in [0.2, 0.25) is 5.02 Å². The maximum Gasteiger partial charge on any atom is 0.269 e. The minimum Gasteiger partial charge on any atom is -0.486 e. The lowest BCUT2D eigenvalue weighted by Gasteiger charge is -2.23. The molecule has 470 valence electrons. The van der Waals surface area contributed by atoms with Gasteiger partial charge >= 0.3 is 0 Å². The molecule has 88 heavy (non-hydrogen) atoms. The van der Waals surface area contributed by atoms with Crippen molar-refractivity contribution in [3.05, 3.63) is 259 Å². The standard InChI is InChI=1S/C16H17Cl.C13H15N.C12H16O2.C11H16.C10H13NO2.C10H14.C8H12S/c1-16(2,3)14-8-4-12(5-9-14)13-6-10-15(17)11-7-13;1-13(2,3)11-8-4-6-10-7-5-9-14-12(10)11;1-12(2,3)9-4-5-10-11(8-9)14-7-6-13-10;1-9-5-7-10(8-6-9)11(2,3)4;1-10(2,3)8-4-6-9(7-5-8)11(12)13;1-10(2,3)9-7-5-4-6-8-9;1-8(2,3)7-5-4-6-9-7/h4-11H,1-3H3;4-9H,1-3H3;4-5,8H,6-7H2,1-3H3;5-8H,1-4H3;4-7H,1-3H3;4-8H,1-3H3;4-6H,1-3H3. The number of benzene rings is 7. The number of halogens is 1. The predicted octanol–water partition coefficient (Wildman–Crippen LogP) is 23.8. The van der Waals surface area contributed by atoms with Crippen LogP contribution in [-0.4, -0.2) is 23.1 Å². The highest BCUT2D eigenvalue weighted by Crippen LogP contribution is 2.36. The number of hydrogen-bond donors (Lipinski definition) is 0. The molecule has 0 atom stereocenters. The van der Waals surface area contributed by atoms with Crippen LogP contribution in [0.5, 0.6) is 11.5 Å². The van der Waals surface area contributed by atoms with Crippen molar-refractivity contribution in [1.29, 1.82) is 0 Å². The van der Waals surface area contributed by atoms with E-state index in [9.17, 15) is 10.1 Å². The molecule has 0 unspecified atom stereocenters. The number of nitro groups is 1. The van der Waals surface area contributed by atoms with Gasteiger partial charge in [-0.3, -0.25) is 15.1 Å². The SMILES string of the molecule is CC(C)(C)c1ccc(-c2ccc(Cl)cc2)cc1.CC(C)(C)c1ccc([N+](=O)[O-])cc1.CC(C)(C)c1ccc2c(c1)OCCO2.CC(C)(C)c1cccc2cccnc12.CC(C)(C)c1ccccc1.CC(C)(C)c1cccs1.Cc1ccc(C(C)(C)C)cc1. The number of nitrogens with zero attached hydrogens (tertiary/aromatic N) is 2. The average Bonchev–Trinajstić information content (AvgIpc) is 4.20. The van der Waals surface area contributed by atoms with Crippen LogP contribution in [0, 0.1) is 17.0 Å². The number of fused-ring (bicyclic) bond motifs is 2. The molecule has 0 radical (unpaired) electrons. The van der Waals surface area contributed by atoms with Crippen molar-refractivity contribution in [2.75, 3.05) is 13.2 Å². The topological polar surface area (TPSA) is 74.5 Å². The van der Waals surface area contributed by atoms with Gasteiger partial charge < -0.3 is 9.47 Å². The second-order valence-electron chi connectivity index (χ2n) is 29.6. The molecule has 10 rings (SSSR count). The van der Waals surface area contributed by atoms with Crippen molar-refractivity contribution >= 4 is 39.5 Å². The molecule has 0 bridgehead atoms. The first-order valence-corrected chi connectivity index (χ1v) is 32.0. The van der Waals surface area contributed by atoms with Crippen LogP contribution in [0.15, 0.2) is 200 Å². The fourth-order valence-electron chi connectivity index (χ4n) is 8.80. The van der Waals surface area contributed by atoms with E-state index < -0.39 is 0 Å². The normalized spacial score (nSPS) is 12.2. The van der Waals surface area contributed by atoms with Crippen molar-refractivity contribution in [3.63, 3.8) is 0 Å².